The zero-order chi connectivity index (χ0) is 23.3. The molecule has 1 fully saturated rings. The molecule has 10 heteroatoms. The maximum absolute atomic E-state index is 12.8. The number of aliphatic hydroxyl groups is 1. The quantitative estimate of drug-likeness (QED) is 0.699. The second-order valence-corrected chi connectivity index (χ2v) is 7.28. The van der Waals surface area contributed by atoms with Gasteiger partial charge in [-0.05, 0) is 36.2 Å². The van der Waals surface area contributed by atoms with E-state index in [1.165, 1.54) is 34.9 Å². The number of aliphatic hydroxyl groups excluding tert-OH is 1. The van der Waals surface area contributed by atoms with Crippen LogP contribution in [0.4, 0.5) is 18.9 Å². The third kappa shape index (κ3) is 5.91. The number of anilines is 1. The third-order valence-corrected chi connectivity index (χ3v) is 5.04. The van der Waals surface area contributed by atoms with E-state index in [-0.39, 0.29) is 31.4 Å². The number of nitrogens with zero attached hydrogens (tertiary/aromatic N) is 2. The third-order valence-electron chi connectivity index (χ3n) is 5.04. The highest BCUT2D eigenvalue weighted by atomic mass is 19.4. The van der Waals surface area contributed by atoms with Crippen molar-refractivity contribution in [1.82, 2.24) is 4.90 Å². The second-order valence-electron chi connectivity index (χ2n) is 7.28. The van der Waals surface area contributed by atoms with E-state index < -0.39 is 24.1 Å². The summed E-state index contributed by atoms with van der Waals surface area (Å²) in [5.41, 5.74) is 0.710. The number of hydrogen-bond acceptors (Lipinski definition) is 5. The Morgan fingerprint density at radius 2 is 1.84 bits per heavy atom. The molecule has 2 aromatic carbocycles. The van der Waals surface area contributed by atoms with E-state index in [2.05, 4.69) is 4.74 Å². The van der Waals surface area contributed by atoms with E-state index in [4.69, 9.17) is 9.84 Å². The van der Waals surface area contributed by atoms with Gasteiger partial charge in [0, 0.05) is 20.0 Å². The Morgan fingerprint density at radius 3 is 2.47 bits per heavy atom. The topological polar surface area (TPSA) is 79.3 Å². The van der Waals surface area contributed by atoms with E-state index in [9.17, 15) is 22.8 Å². The van der Waals surface area contributed by atoms with E-state index in [1.807, 2.05) is 0 Å². The predicted octanol–water partition coefficient (Wildman–Crippen LogP) is 3.11. The first kappa shape index (κ1) is 23.4. The van der Waals surface area contributed by atoms with Gasteiger partial charge in [-0.25, -0.2) is 0 Å². The molecular weight excluding hydrogens is 429 g/mol. The Morgan fingerprint density at radius 1 is 1.16 bits per heavy atom. The lowest BCUT2D eigenvalue weighted by atomic mass is 10.1. The van der Waals surface area contributed by atoms with Crippen molar-refractivity contribution in [1.29, 1.82) is 0 Å². The van der Waals surface area contributed by atoms with Crippen LogP contribution in [-0.2, 0) is 16.2 Å². The van der Waals surface area contributed by atoms with Gasteiger partial charge in [-0.3, -0.25) is 9.59 Å². The summed E-state index contributed by atoms with van der Waals surface area (Å²) >= 11 is 0. The van der Waals surface area contributed by atoms with Gasteiger partial charge in [-0.15, -0.1) is 13.2 Å². The van der Waals surface area contributed by atoms with Crippen molar-refractivity contribution in [2.45, 2.75) is 32.4 Å². The van der Waals surface area contributed by atoms with Crippen LogP contribution in [-0.4, -0.2) is 53.9 Å². The predicted molar refractivity (Wildman–Crippen MR) is 109 cm³/mol. The Bertz CT molecular complexity index is 949. The van der Waals surface area contributed by atoms with Crippen molar-refractivity contribution in [3.63, 3.8) is 0 Å². The summed E-state index contributed by atoms with van der Waals surface area (Å²) < 4.78 is 48.0. The lowest BCUT2D eigenvalue weighted by Gasteiger charge is -2.29. The molecule has 0 radical (unpaired) electrons. The van der Waals surface area contributed by atoms with Gasteiger partial charge in [0.1, 0.15) is 5.75 Å². The fraction of sp³-hybridized carbons (Fsp3) is 0.364. The van der Waals surface area contributed by atoms with E-state index in [0.717, 1.165) is 6.07 Å². The molecule has 1 heterocycles. The van der Waals surface area contributed by atoms with Crippen LogP contribution in [0, 0.1) is 0 Å². The molecule has 1 unspecified atom stereocenters. The maximum Gasteiger partial charge on any atom is 0.573 e. The molecule has 1 aliphatic rings. The molecular formula is C22H23F3N2O5. The van der Waals surface area contributed by atoms with Crippen molar-refractivity contribution in [3.05, 3.63) is 54.1 Å². The molecule has 1 saturated heterocycles. The Balaban J connectivity index is 1.67. The number of carbonyl (C=O) groups excluding carboxylic acids is 2. The van der Waals surface area contributed by atoms with Crippen molar-refractivity contribution >= 4 is 17.5 Å². The summed E-state index contributed by atoms with van der Waals surface area (Å²) in [5, 5.41) is 9.06. The first-order chi connectivity index (χ1) is 15.2. The average molecular weight is 452 g/mol. The number of ether oxygens (including phenoxy) is 2. The van der Waals surface area contributed by atoms with E-state index in [0.29, 0.717) is 24.3 Å². The normalized spacial score (nSPS) is 16.0. The summed E-state index contributed by atoms with van der Waals surface area (Å²) in [4.78, 5) is 27.6. The van der Waals surface area contributed by atoms with Crippen LogP contribution >= 0.6 is 0 Å². The van der Waals surface area contributed by atoms with Crippen LogP contribution < -0.4 is 14.4 Å². The molecule has 32 heavy (non-hydrogen) atoms. The number of likely N-dealkylation sites (tertiary alicyclic amines) is 1. The van der Waals surface area contributed by atoms with Crippen molar-refractivity contribution in [2.75, 3.05) is 24.6 Å². The highest BCUT2D eigenvalue weighted by Crippen LogP contribution is 2.35. The number of rotatable bonds is 7. The van der Waals surface area contributed by atoms with Gasteiger partial charge < -0.3 is 24.4 Å². The average Bonchev–Trinajstić information content (AvgIpc) is 3.22. The first-order valence-corrected chi connectivity index (χ1v) is 9.93. The Labute approximate surface area is 182 Å². The Kier molecular flexibility index (Phi) is 7.24. The zero-order valence-corrected chi connectivity index (χ0v) is 17.3. The molecule has 1 N–H and O–H groups in total. The first-order valence-electron chi connectivity index (χ1n) is 9.93. The van der Waals surface area contributed by atoms with Gasteiger partial charge in [0.05, 0.1) is 18.3 Å². The summed E-state index contributed by atoms with van der Waals surface area (Å²) in [6.07, 6.45) is -4.50. The molecule has 2 amide bonds. The molecule has 3 rings (SSSR count). The summed E-state index contributed by atoms with van der Waals surface area (Å²) in [6.45, 7) is 1.43. The SMILES string of the molecule is CC(=O)N(c1ccccc1OC(F)(F)F)C1CCN(C(=O)COc2ccc(CO)cc2)C1. The van der Waals surface area contributed by atoms with Gasteiger partial charge in [-0.2, -0.15) is 0 Å². The molecule has 7 nitrogen and oxygen atoms in total. The van der Waals surface area contributed by atoms with Crippen LogP contribution in [0.15, 0.2) is 48.5 Å². The van der Waals surface area contributed by atoms with Gasteiger partial charge in [0.2, 0.25) is 5.91 Å². The smallest absolute Gasteiger partial charge is 0.484 e. The second kappa shape index (κ2) is 9.90. The largest absolute Gasteiger partial charge is 0.573 e. The minimum atomic E-state index is -4.90. The molecule has 0 aliphatic carbocycles. The van der Waals surface area contributed by atoms with Gasteiger partial charge in [0.25, 0.3) is 5.91 Å². The van der Waals surface area contributed by atoms with Crippen LogP contribution in [0.1, 0.15) is 18.9 Å². The van der Waals surface area contributed by atoms with Crippen LogP contribution in [0.3, 0.4) is 0 Å². The number of hydrogen-bond donors (Lipinski definition) is 1. The van der Waals surface area contributed by atoms with Crippen LogP contribution in [0.2, 0.25) is 0 Å². The molecule has 1 aliphatic heterocycles. The lowest BCUT2D eigenvalue weighted by Crippen LogP contribution is -2.43. The summed E-state index contributed by atoms with van der Waals surface area (Å²) in [7, 11) is 0. The molecule has 0 spiro atoms. The van der Waals surface area contributed by atoms with E-state index in [1.54, 1.807) is 24.3 Å². The van der Waals surface area contributed by atoms with Crippen molar-refractivity contribution in [3.8, 4) is 11.5 Å². The molecule has 2 aromatic rings. The van der Waals surface area contributed by atoms with Crippen LogP contribution in [0.5, 0.6) is 11.5 Å². The van der Waals surface area contributed by atoms with Crippen molar-refractivity contribution < 1.29 is 37.3 Å². The van der Waals surface area contributed by atoms with Gasteiger partial charge >= 0.3 is 6.36 Å². The summed E-state index contributed by atoms with van der Waals surface area (Å²) in [6, 6.07) is 11.6. The monoisotopic (exact) mass is 452 g/mol. The van der Waals surface area contributed by atoms with E-state index >= 15 is 0 Å². The van der Waals surface area contributed by atoms with Crippen molar-refractivity contribution in [2.24, 2.45) is 0 Å². The standard InChI is InChI=1S/C22H23F3N2O5/c1-15(29)27(19-4-2-3-5-20(19)32-22(23,24)25)17-10-11-26(12-17)21(30)14-31-18-8-6-16(13-28)7-9-18/h2-9,17,28H,10-14H2,1H3. The fourth-order valence-corrected chi connectivity index (χ4v) is 3.60. The van der Waals surface area contributed by atoms with Crippen LogP contribution in [0.25, 0.3) is 0 Å². The fourth-order valence-electron chi connectivity index (χ4n) is 3.60. The molecule has 0 bridgehead atoms. The molecule has 172 valence electrons. The number of alkyl halides is 3. The highest BCUT2D eigenvalue weighted by Gasteiger charge is 2.37. The molecule has 0 saturated carbocycles. The number of halogens is 3. The highest BCUT2D eigenvalue weighted by molar-refractivity contribution is 5.94. The van der Waals surface area contributed by atoms with Gasteiger partial charge in [-0.1, -0.05) is 24.3 Å². The lowest BCUT2D eigenvalue weighted by molar-refractivity contribution is -0.274. The number of benzene rings is 2. The molecule has 0 aromatic heterocycles. The maximum atomic E-state index is 12.8. The summed E-state index contributed by atoms with van der Waals surface area (Å²) in [5.74, 6) is -0.769. The minimum Gasteiger partial charge on any atom is -0.484 e. The number of amides is 2. The minimum absolute atomic E-state index is 0.00292. The number of carbonyl (C=O) groups is 2. The number of para-hydroxylation sites is 2. The molecule has 1 atom stereocenters. The zero-order valence-electron chi connectivity index (χ0n) is 17.3. The van der Waals surface area contributed by atoms with Gasteiger partial charge in [0.15, 0.2) is 12.4 Å². The Hall–Kier alpha value is -3.27.